The zero-order valence-corrected chi connectivity index (χ0v) is 12.7. The predicted octanol–water partition coefficient (Wildman–Crippen LogP) is 4.26. The van der Waals surface area contributed by atoms with Crippen LogP contribution in [0.25, 0.3) is 0 Å². The molecule has 106 valence electrons. The van der Waals surface area contributed by atoms with E-state index in [2.05, 4.69) is 38.8 Å². The zero-order chi connectivity index (χ0) is 14.3. The van der Waals surface area contributed by atoms with Crippen LogP contribution in [0.5, 0.6) is 0 Å². The molecule has 0 aliphatic heterocycles. The summed E-state index contributed by atoms with van der Waals surface area (Å²) in [6, 6.07) is 8.13. The molecule has 4 rings (SSSR count). The summed E-state index contributed by atoms with van der Waals surface area (Å²) in [6.45, 7) is 7.93. The maximum atomic E-state index is 6.20. The molecule has 3 aliphatic rings. The molecule has 0 N–H and O–H groups in total. The van der Waals surface area contributed by atoms with Gasteiger partial charge >= 0.3 is 0 Å². The van der Waals surface area contributed by atoms with Crippen molar-refractivity contribution in [3.8, 4) is 12.3 Å². The highest BCUT2D eigenvalue weighted by molar-refractivity contribution is 5.33. The van der Waals surface area contributed by atoms with E-state index >= 15 is 0 Å². The fourth-order valence-electron chi connectivity index (χ4n) is 4.22. The number of benzene rings is 1. The third-order valence-electron chi connectivity index (χ3n) is 5.87. The first-order valence-corrected chi connectivity index (χ1v) is 7.69. The lowest BCUT2D eigenvalue weighted by Crippen LogP contribution is -2.57. The van der Waals surface area contributed by atoms with E-state index in [9.17, 15) is 0 Å². The van der Waals surface area contributed by atoms with Gasteiger partial charge in [0.1, 0.15) is 0 Å². The minimum atomic E-state index is 0.430. The predicted molar refractivity (Wildman–Crippen MR) is 82.1 cm³/mol. The summed E-state index contributed by atoms with van der Waals surface area (Å²) in [5.41, 5.74) is 2.69. The van der Waals surface area contributed by atoms with Crippen LogP contribution < -0.4 is 0 Å². The monoisotopic (exact) mass is 268 g/mol. The van der Waals surface area contributed by atoms with E-state index in [1.54, 1.807) is 0 Å². The van der Waals surface area contributed by atoms with Crippen LogP contribution in [0.4, 0.5) is 0 Å². The Kier molecular flexibility index (Phi) is 3.38. The Balaban J connectivity index is 1.58. The third kappa shape index (κ3) is 2.17. The first-order valence-electron chi connectivity index (χ1n) is 7.69. The largest absolute Gasteiger partial charge is 0.373 e. The van der Waals surface area contributed by atoms with Crippen LogP contribution in [0.2, 0.25) is 0 Å². The van der Waals surface area contributed by atoms with E-state index in [0.29, 0.717) is 24.0 Å². The van der Waals surface area contributed by atoms with E-state index < -0.39 is 0 Å². The summed E-state index contributed by atoms with van der Waals surface area (Å²) in [5, 5.41) is 0. The summed E-state index contributed by atoms with van der Waals surface area (Å²) in [4.78, 5) is 0. The smallest absolute Gasteiger partial charge is 0.0720 e. The molecule has 0 saturated heterocycles. The fourth-order valence-corrected chi connectivity index (χ4v) is 4.22. The molecule has 1 heteroatoms. The third-order valence-corrected chi connectivity index (χ3v) is 5.87. The molecule has 20 heavy (non-hydrogen) atoms. The maximum absolute atomic E-state index is 6.20. The van der Waals surface area contributed by atoms with Gasteiger partial charge in [0.2, 0.25) is 0 Å². The Labute approximate surface area is 122 Å². The summed E-state index contributed by atoms with van der Waals surface area (Å²) in [6.07, 6.45) is 8.44. The van der Waals surface area contributed by atoms with Crippen molar-refractivity contribution in [3.63, 3.8) is 0 Å². The number of fused-ring (bicyclic) bond motifs is 2. The quantitative estimate of drug-likeness (QED) is 0.744. The molecule has 0 aromatic heterocycles. The SMILES string of the molecule is C#Cc1ccc(COC2CC3CC([C@H]2C)C3(C)C)cc1. The van der Waals surface area contributed by atoms with Gasteiger partial charge in [-0.2, -0.15) is 0 Å². The van der Waals surface area contributed by atoms with E-state index in [1.165, 1.54) is 18.4 Å². The standard InChI is InChI=1S/C19H24O/c1-5-14-6-8-15(9-7-14)12-20-18-11-16-10-17(13(18)2)19(16,3)4/h1,6-9,13,16-18H,10-12H2,2-4H3/t13-,16?,17?,18?/m1/s1. The summed E-state index contributed by atoms with van der Waals surface area (Å²) < 4.78 is 6.20. The molecule has 0 heterocycles. The Hall–Kier alpha value is -1.26. The second-order valence-corrected chi connectivity index (χ2v) is 7.15. The van der Waals surface area contributed by atoms with Crippen LogP contribution in [0, 0.1) is 35.5 Å². The first-order chi connectivity index (χ1) is 9.52. The van der Waals surface area contributed by atoms with Gasteiger partial charge in [-0.25, -0.2) is 0 Å². The van der Waals surface area contributed by atoms with Crippen molar-refractivity contribution in [2.24, 2.45) is 23.2 Å². The van der Waals surface area contributed by atoms with E-state index in [1.807, 2.05) is 12.1 Å². The van der Waals surface area contributed by atoms with E-state index in [0.717, 1.165) is 17.4 Å². The van der Waals surface area contributed by atoms with Crippen LogP contribution in [-0.2, 0) is 11.3 Å². The molecule has 1 aromatic rings. The van der Waals surface area contributed by atoms with Gasteiger partial charge in [0, 0.05) is 5.56 Å². The van der Waals surface area contributed by atoms with Gasteiger partial charge < -0.3 is 4.74 Å². The lowest BCUT2D eigenvalue weighted by Gasteiger charge is -2.61. The number of hydrogen-bond acceptors (Lipinski definition) is 1. The van der Waals surface area contributed by atoms with Crippen molar-refractivity contribution in [1.82, 2.24) is 0 Å². The molecule has 0 radical (unpaired) electrons. The maximum Gasteiger partial charge on any atom is 0.0720 e. The average Bonchev–Trinajstić information content (AvgIpc) is 2.46. The molecule has 0 spiro atoms. The number of hydrogen-bond donors (Lipinski definition) is 0. The van der Waals surface area contributed by atoms with Crippen LogP contribution >= 0.6 is 0 Å². The van der Waals surface area contributed by atoms with Crippen molar-refractivity contribution in [2.75, 3.05) is 0 Å². The molecule has 4 atom stereocenters. The van der Waals surface area contributed by atoms with Crippen LogP contribution in [-0.4, -0.2) is 6.10 Å². The molecule has 3 unspecified atom stereocenters. The van der Waals surface area contributed by atoms with Crippen molar-refractivity contribution in [1.29, 1.82) is 0 Å². The molecular weight excluding hydrogens is 244 g/mol. The highest BCUT2D eigenvalue weighted by Gasteiger charge is 2.56. The lowest BCUT2D eigenvalue weighted by atomic mass is 9.45. The van der Waals surface area contributed by atoms with Crippen molar-refractivity contribution in [3.05, 3.63) is 35.4 Å². The van der Waals surface area contributed by atoms with Gasteiger partial charge in [0.25, 0.3) is 0 Å². The molecule has 0 amide bonds. The Morgan fingerprint density at radius 2 is 1.95 bits per heavy atom. The number of rotatable bonds is 3. The Morgan fingerprint density at radius 3 is 2.50 bits per heavy atom. The average molecular weight is 268 g/mol. The highest BCUT2D eigenvalue weighted by Crippen LogP contribution is 2.61. The molecule has 3 fully saturated rings. The van der Waals surface area contributed by atoms with Gasteiger partial charge in [0.15, 0.2) is 0 Å². The fraction of sp³-hybridized carbons (Fsp3) is 0.579. The van der Waals surface area contributed by atoms with Crippen molar-refractivity contribution in [2.45, 2.75) is 46.3 Å². The van der Waals surface area contributed by atoms with E-state index in [4.69, 9.17) is 11.2 Å². The molecule has 3 saturated carbocycles. The van der Waals surface area contributed by atoms with Gasteiger partial charge in [-0.1, -0.05) is 38.8 Å². The molecule has 3 aliphatic carbocycles. The van der Waals surface area contributed by atoms with Crippen LogP contribution in [0.3, 0.4) is 0 Å². The second kappa shape index (κ2) is 4.93. The van der Waals surface area contributed by atoms with Gasteiger partial charge in [-0.05, 0) is 53.7 Å². The van der Waals surface area contributed by atoms with Crippen LogP contribution in [0.1, 0.15) is 44.7 Å². The number of ether oxygens (including phenoxy) is 1. The minimum Gasteiger partial charge on any atom is -0.373 e. The number of terminal acetylenes is 1. The first kappa shape index (κ1) is 13.7. The summed E-state index contributed by atoms with van der Waals surface area (Å²) >= 11 is 0. The van der Waals surface area contributed by atoms with Gasteiger partial charge in [-0.15, -0.1) is 6.42 Å². The zero-order valence-electron chi connectivity index (χ0n) is 12.7. The topological polar surface area (TPSA) is 9.23 Å². The van der Waals surface area contributed by atoms with Crippen molar-refractivity contribution >= 4 is 0 Å². The summed E-state index contributed by atoms with van der Waals surface area (Å²) in [7, 11) is 0. The Bertz CT molecular complexity index is 520. The molecular formula is C19H24O. The molecule has 1 nitrogen and oxygen atoms in total. The normalized spacial score (nSPS) is 34.1. The van der Waals surface area contributed by atoms with Gasteiger partial charge in [-0.3, -0.25) is 0 Å². The minimum absolute atomic E-state index is 0.430. The van der Waals surface area contributed by atoms with Crippen LogP contribution in [0.15, 0.2) is 24.3 Å². The van der Waals surface area contributed by atoms with E-state index in [-0.39, 0.29) is 0 Å². The Morgan fingerprint density at radius 1 is 1.25 bits per heavy atom. The molecule has 1 aromatic carbocycles. The lowest BCUT2D eigenvalue weighted by molar-refractivity contribution is -0.175. The van der Waals surface area contributed by atoms with Gasteiger partial charge in [0.05, 0.1) is 12.7 Å². The summed E-state index contributed by atoms with van der Waals surface area (Å²) in [5.74, 6) is 5.03. The second-order valence-electron chi connectivity index (χ2n) is 7.15. The highest BCUT2D eigenvalue weighted by atomic mass is 16.5. The van der Waals surface area contributed by atoms with Crippen molar-refractivity contribution < 1.29 is 4.74 Å². The molecule has 2 bridgehead atoms.